The second kappa shape index (κ2) is 11.3. The second-order valence-electron chi connectivity index (χ2n) is 9.12. The summed E-state index contributed by atoms with van der Waals surface area (Å²) in [5, 5.41) is 2.98. The summed E-state index contributed by atoms with van der Waals surface area (Å²) in [5.74, 6) is -0.0392. The fraction of sp³-hybridized carbons (Fsp3) is 0.500. The molecule has 184 valence electrons. The molecule has 0 unspecified atom stereocenters. The van der Waals surface area contributed by atoms with Crippen LogP contribution in [0.5, 0.6) is 5.75 Å². The molecule has 2 heterocycles. The Morgan fingerprint density at radius 2 is 1.56 bits per heavy atom. The minimum Gasteiger partial charge on any atom is -0.495 e. The molecule has 2 saturated heterocycles. The number of rotatable bonds is 8. The normalized spacial score (nSPS) is 17.9. The van der Waals surface area contributed by atoms with E-state index in [0.29, 0.717) is 25.2 Å². The van der Waals surface area contributed by atoms with Crippen molar-refractivity contribution in [2.24, 2.45) is 0 Å². The Kier molecular flexibility index (Phi) is 8.24. The molecule has 1 N–H and O–H groups in total. The number of hydrogen-bond donors (Lipinski definition) is 1. The van der Waals surface area contributed by atoms with Crippen LogP contribution in [0.15, 0.2) is 47.4 Å². The van der Waals surface area contributed by atoms with Gasteiger partial charge < -0.3 is 10.1 Å². The monoisotopic (exact) mass is 485 g/mol. The van der Waals surface area contributed by atoms with Crippen LogP contribution in [0.4, 0.5) is 0 Å². The number of nitrogens with one attached hydrogen (secondary N) is 1. The number of methoxy groups -OCH3 is 1. The maximum atomic E-state index is 13.4. The highest BCUT2D eigenvalue weighted by Gasteiger charge is 2.29. The van der Waals surface area contributed by atoms with Crippen LogP contribution in [0.2, 0.25) is 0 Å². The number of carbonyl (C=O) groups is 1. The fourth-order valence-corrected chi connectivity index (χ4v) is 6.48. The van der Waals surface area contributed by atoms with Crippen LogP contribution < -0.4 is 10.1 Å². The van der Waals surface area contributed by atoms with E-state index in [1.807, 2.05) is 18.2 Å². The van der Waals surface area contributed by atoms with Crippen molar-refractivity contribution < 1.29 is 17.9 Å². The second-order valence-corrected chi connectivity index (χ2v) is 11.0. The molecule has 2 aromatic rings. The number of benzene rings is 2. The van der Waals surface area contributed by atoms with Gasteiger partial charge in [-0.3, -0.25) is 9.69 Å². The van der Waals surface area contributed by atoms with Crippen LogP contribution >= 0.6 is 0 Å². The predicted molar refractivity (Wildman–Crippen MR) is 132 cm³/mol. The summed E-state index contributed by atoms with van der Waals surface area (Å²) < 4.78 is 33.7. The van der Waals surface area contributed by atoms with Gasteiger partial charge in [0.1, 0.15) is 10.6 Å². The molecule has 7 nitrogen and oxygen atoms in total. The Morgan fingerprint density at radius 1 is 0.912 bits per heavy atom. The van der Waals surface area contributed by atoms with E-state index in [4.69, 9.17) is 4.74 Å². The van der Waals surface area contributed by atoms with Gasteiger partial charge in [0.15, 0.2) is 0 Å². The van der Waals surface area contributed by atoms with Crippen LogP contribution in [0, 0.1) is 0 Å². The molecule has 0 spiro atoms. The molecule has 4 rings (SSSR count). The van der Waals surface area contributed by atoms with E-state index in [1.54, 1.807) is 12.1 Å². The van der Waals surface area contributed by atoms with Gasteiger partial charge in [-0.15, -0.1) is 0 Å². The smallest absolute Gasteiger partial charge is 0.251 e. The van der Waals surface area contributed by atoms with E-state index < -0.39 is 10.0 Å². The first-order chi connectivity index (χ1) is 16.5. The molecule has 0 bridgehead atoms. The average Bonchev–Trinajstić information content (AvgIpc) is 3.20. The summed E-state index contributed by atoms with van der Waals surface area (Å²) in [6, 6.07) is 12.8. The van der Waals surface area contributed by atoms with Gasteiger partial charge in [-0.05, 0) is 68.1 Å². The molecular weight excluding hydrogens is 450 g/mol. The Bertz CT molecular complexity index is 1090. The highest BCUT2D eigenvalue weighted by molar-refractivity contribution is 7.89. The molecule has 0 saturated carbocycles. The molecule has 2 aliphatic rings. The van der Waals surface area contributed by atoms with Gasteiger partial charge in [0.25, 0.3) is 5.91 Å². The van der Waals surface area contributed by atoms with Crippen LogP contribution in [0.1, 0.15) is 60.0 Å². The topological polar surface area (TPSA) is 79.0 Å². The zero-order valence-corrected chi connectivity index (χ0v) is 20.8. The third kappa shape index (κ3) is 5.79. The van der Waals surface area contributed by atoms with Gasteiger partial charge in [0.2, 0.25) is 10.0 Å². The maximum Gasteiger partial charge on any atom is 0.251 e. The summed E-state index contributed by atoms with van der Waals surface area (Å²) in [6.07, 6.45) is 6.23. The van der Waals surface area contributed by atoms with Crippen molar-refractivity contribution in [3.8, 4) is 5.75 Å². The summed E-state index contributed by atoms with van der Waals surface area (Å²) in [7, 11) is -2.30. The van der Waals surface area contributed by atoms with Gasteiger partial charge in [-0.1, -0.05) is 37.1 Å². The zero-order chi connectivity index (χ0) is 24.0. The summed E-state index contributed by atoms with van der Waals surface area (Å²) in [4.78, 5) is 15.5. The predicted octanol–water partition coefficient (Wildman–Crippen LogP) is 3.79. The largest absolute Gasteiger partial charge is 0.495 e. The van der Waals surface area contributed by atoms with Gasteiger partial charge in [-0.2, -0.15) is 4.31 Å². The minimum absolute atomic E-state index is 0.0546. The molecule has 0 aliphatic carbocycles. The van der Waals surface area contributed by atoms with Crippen molar-refractivity contribution in [1.29, 1.82) is 0 Å². The molecule has 2 fully saturated rings. The lowest BCUT2D eigenvalue weighted by atomic mass is 10.1. The van der Waals surface area contributed by atoms with E-state index in [-0.39, 0.29) is 16.6 Å². The number of hydrogen-bond acceptors (Lipinski definition) is 5. The van der Waals surface area contributed by atoms with Gasteiger partial charge in [-0.25, -0.2) is 8.42 Å². The molecule has 8 heteroatoms. The van der Waals surface area contributed by atoms with Crippen molar-refractivity contribution in [3.05, 3.63) is 59.2 Å². The van der Waals surface area contributed by atoms with Crippen molar-refractivity contribution in [1.82, 2.24) is 14.5 Å². The standard InChI is InChI=1S/C26H35N3O4S/c1-33-24-13-12-21(18-25(24)34(31,32)29-16-6-2-3-7-17-29)26(30)27-19-22-10-4-5-11-23(22)20-28-14-8-9-15-28/h4-5,10-13,18H,2-3,6-9,14-17,19-20H2,1H3,(H,27,30). The van der Waals surface area contributed by atoms with E-state index >= 15 is 0 Å². The Hall–Kier alpha value is -2.42. The van der Waals surface area contributed by atoms with Crippen LogP contribution in [-0.4, -0.2) is 56.8 Å². The Morgan fingerprint density at radius 3 is 2.24 bits per heavy atom. The molecular formula is C26H35N3O4S. The Labute approximate surface area is 203 Å². The lowest BCUT2D eigenvalue weighted by Gasteiger charge is -2.21. The molecule has 2 aromatic carbocycles. The van der Waals surface area contributed by atoms with E-state index in [0.717, 1.165) is 50.9 Å². The lowest BCUT2D eigenvalue weighted by molar-refractivity contribution is 0.0950. The molecule has 2 aliphatic heterocycles. The lowest BCUT2D eigenvalue weighted by Crippen LogP contribution is -2.32. The summed E-state index contributed by atoms with van der Waals surface area (Å²) in [6.45, 7) is 4.49. The maximum absolute atomic E-state index is 13.4. The summed E-state index contributed by atoms with van der Waals surface area (Å²) in [5.41, 5.74) is 2.60. The van der Waals surface area contributed by atoms with Gasteiger partial charge in [0.05, 0.1) is 7.11 Å². The molecule has 1 amide bonds. The molecule has 0 aromatic heterocycles. The first-order valence-electron chi connectivity index (χ1n) is 12.2. The van der Waals surface area contributed by atoms with Crippen LogP contribution in [0.3, 0.4) is 0 Å². The van der Waals surface area contributed by atoms with E-state index in [2.05, 4.69) is 16.3 Å². The summed E-state index contributed by atoms with van der Waals surface area (Å²) >= 11 is 0. The highest BCUT2D eigenvalue weighted by Crippen LogP contribution is 2.29. The zero-order valence-electron chi connectivity index (χ0n) is 20.0. The third-order valence-electron chi connectivity index (χ3n) is 6.76. The van der Waals surface area contributed by atoms with E-state index in [9.17, 15) is 13.2 Å². The number of amides is 1. The van der Waals surface area contributed by atoms with Gasteiger partial charge in [0, 0.05) is 31.7 Å². The molecule has 34 heavy (non-hydrogen) atoms. The number of ether oxygens (including phenoxy) is 1. The van der Waals surface area contributed by atoms with Crippen molar-refractivity contribution in [3.63, 3.8) is 0 Å². The first kappa shape index (κ1) is 24.7. The Balaban J connectivity index is 1.50. The highest BCUT2D eigenvalue weighted by atomic mass is 32.2. The fourth-order valence-electron chi connectivity index (χ4n) is 4.78. The van der Waals surface area contributed by atoms with Crippen molar-refractivity contribution in [2.75, 3.05) is 33.3 Å². The van der Waals surface area contributed by atoms with E-state index in [1.165, 1.54) is 35.9 Å². The molecule has 0 radical (unpaired) electrons. The van der Waals surface area contributed by atoms with Crippen LogP contribution in [0.25, 0.3) is 0 Å². The number of nitrogens with zero attached hydrogens (tertiary/aromatic N) is 2. The van der Waals surface area contributed by atoms with Crippen LogP contribution in [-0.2, 0) is 23.1 Å². The first-order valence-corrected chi connectivity index (χ1v) is 13.7. The SMILES string of the molecule is COc1ccc(C(=O)NCc2ccccc2CN2CCCC2)cc1S(=O)(=O)N1CCCCCC1. The van der Waals surface area contributed by atoms with Gasteiger partial charge >= 0.3 is 0 Å². The quantitative estimate of drug-likeness (QED) is 0.616. The third-order valence-corrected chi connectivity index (χ3v) is 8.68. The number of sulfonamides is 1. The van der Waals surface area contributed by atoms with Crippen molar-refractivity contribution in [2.45, 2.75) is 56.5 Å². The molecule has 0 atom stereocenters. The number of likely N-dealkylation sites (tertiary alicyclic amines) is 1. The average molecular weight is 486 g/mol. The minimum atomic E-state index is -3.75. The van der Waals surface area contributed by atoms with Crippen molar-refractivity contribution >= 4 is 15.9 Å². The number of carbonyl (C=O) groups excluding carboxylic acids is 1.